The van der Waals surface area contributed by atoms with Crippen LogP contribution in [0, 0.1) is 26.7 Å². The second kappa shape index (κ2) is 6.86. The van der Waals surface area contributed by atoms with Crippen molar-refractivity contribution in [3.05, 3.63) is 46.8 Å². The van der Waals surface area contributed by atoms with Crippen LogP contribution in [0.5, 0.6) is 0 Å². The van der Waals surface area contributed by atoms with E-state index in [1.165, 1.54) is 6.20 Å². The van der Waals surface area contributed by atoms with E-state index in [9.17, 15) is 14.7 Å². The number of nitrogens with zero attached hydrogens (tertiary/aromatic N) is 2. The standard InChI is InChI=1S/C18H23N3O3/c1-10(2)16(18(23)24)20-17(22)14-9-19-21(13(14)5)15-8-11(3)6-7-12(15)4/h6-10,16H,1-5H3,(H,20,22)(H,23,24). The summed E-state index contributed by atoms with van der Waals surface area (Å²) in [5.74, 6) is -1.68. The number of benzene rings is 1. The number of rotatable bonds is 5. The van der Waals surface area contributed by atoms with Crippen LogP contribution in [0.25, 0.3) is 5.69 Å². The number of carbonyl (C=O) groups excluding carboxylic acids is 1. The fourth-order valence-corrected chi connectivity index (χ4v) is 2.56. The van der Waals surface area contributed by atoms with Crippen LogP contribution >= 0.6 is 0 Å². The number of carboxylic acid groups (broad SMARTS) is 1. The van der Waals surface area contributed by atoms with Crippen molar-refractivity contribution in [1.82, 2.24) is 15.1 Å². The number of carbonyl (C=O) groups is 2. The summed E-state index contributed by atoms with van der Waals surface area (Å²) in [6, 6.07) is 5.10. The molecule has 2 N–H and O–H groups in total. The van der Waals surface area contributed by atoms with Gasteiger partial charge >= 0.3 is 5.97 Å². The lowest BCUT2D eigenvalue weighted by Crippen LogP contribution is -2.44. The molecule has 1 aromatic heterocycles. The van der Waals surface area contributed by atoms with E-state index in [1.54, 1.807) is 25.5 Å². The maximum Gasteiger partial charge on any atom is 0.326 e. The Bertz CT molecular complexity index is 778. The number of hydrogen-bond acceptors (Lipinski definition) is 3. The second-order valence-corrected chi connectivity index (χ2v) is 6.38. The molecule has 1 atom stereocenters. The zero-order chi connectivity index (χ0) is 18.0. The average molecular weight is 329 g/mol. The SMILES string of the molecule is Cc1ccc(C)c(-n2ncc(C(=O)NC(C(=O)O)C(C)C)c2C)c1. The van der Waals surface area contributed by atoms with E-state index in [-0.39, 0.29) is 5.92 Å². The molecule has 0 saturated carbocycles. The largest absolute Gasteiger partial charge is 0.480 e. The summed E-state index contributed by atoms with van der Waals surface area (Å²) in [7, 11) is 0. The lowest BCUT2D eigenvalue weighted by atomic mass is 10.0. The molecule has 0 bridgehead atoms. The number of carboxylic acids is 1. The van der Waals surface area contributed by atoms with Gasteiger partial charge in [0.15, 0.2) is 0 Å². The number of aryl methyl sites for hydroxylation is 2. The number of hydrogen-bond donors (Lipinski definition) is 2. The first-order valence-electron chi connectivity index (χ1n) is 7.88. The number of amides is 1. The normalized spacial score (nSPS) is 12.2. The molecule has 1 heterocycles. The number of nitrogens with one attached hydrogen (secondary N) is 1. The van der Waals surface area contributed by atoms with Gasteiger partial charge in [-0.2, -0.15) is 5.10 Å². The third kappa shape index (κ3) is 3.48. The third-order valence-electron chi connectivity index (χ3n) is 4.07. The molecule has 0 fully saturated rings. The Morgan fingerprint density at radius 3 is 2.46 bits per heavy atom. The van der Waals surface area contributed by atoms with Gasteiger partial charge in [-0.3, -0.25) is 4.79 Å². The summed E-state index contributed by atoms with van der Waals surface area (Å²) in [5.41, 5.74) is 4.11. The van der Waals surface area contributed by atoms with E-state index in [4.69, 9.17) is 0 Å². The molecule has 24 heavy (non-hydrogen) atoms. The van der Waals surface area contributed by atoms with Crippen molar-refractivity contribution in [2.24, 2.45) is 5.92 Å². The summed E-state index contributed by atoms with van der Waals surface area (Å²) < 4.78 is 1.71. The van der Waals surface area contributed by atoms with Gasteiger partial charge in [0.1, 0.15) is 6.04 Å². The molecule has 0 aliphatic heterocycles. The van der Waals surface area contributed by atoms with E-state index < -0.39 is 17.9 Å². The van der Waals surface area contributed by atoms with Gasteiger partial charge in [0.25, 0.3) is 5.91 Å². The summed E-state index contributed by atoms with van der Waals surface area (Å²) >= 11 is 0. The Hall–Kier alpha value is -2.63. The highest BCUT2D eigenvalue weighted by Gasteiger charge is 2.25. The monoisotopic (exact) mass is 329 g/mol. The summed E-state index contributed by atoms with van der Waals surface area (Å²) in [4.78, 5) is 23.7. The molecule has 2 rings (SSSR count). The minimum absolute atomic E-state index is 0.208. The molecule has 0 aliphatic rings. The van der Waals surface area contributed by atoms with Crippen LogP contribution in [0.2, 0.25) is 0 Å². The van der Waals surface area contributed by atoms with Gasteiger partial charge in [0, 0.05) is 0 Å². The molecule has 1 unspecified atom stereocenters. The van der Waals surface area contributed by atoms with Crippen molar-refractivity contribution in [3.8, 4) is 5.69 Å². The van der Waals surface area contributed by atoms with Crippen LogP contribution in [0.1, 0.15) is 41.0 Å². The Morgan fingerprint density at radius 2 is 1.88 bits per heavy atom. The highest BCUT2D eigenvalue weighted by atomic mass is 16.4. The molecule has 0 spiro atoms. The number of aromatic nitrogens is 2. The molecule has 128 valence electrons. The van der Waals surface area contributed by atoms with Crippen LogP contribution in [0.3, 0.4) is 0 Å². The predicted octanol–water partition coefficient (Wildman–Crippen LogP) is 2.64. The smallest absolute Gasteiger partial charge is 0.326 e. The highest BCUT2D eigenvalue weighted by Crippen LogP contribution is 2.19. The molecule has 6 heteroatoms. The Kier molecular flexibility index (Phi) is 5.07. The van der Waals surface area contributed by atoms with E-state index in [0.717, 1.165) is 16.8 Å². The summed E-state index contributed by atoms with van der Waals surface area (Å²) in [5, 5.41) is 16.1. The first-order valence-corrected chi connectivity index (χ1v) is 7.88. The van der Waals surface area contributed by atoms with Crippen molar-refractivity contribution < 1.29 is 14.7 Å². The van der Waals surface area contributed by atoms with Gasteiger partial charge in [-0.1, -0.05) is 26.0 Å². The van der Waals surface area contributed by atoms with Gasteiger partial charge in [-0.05, 0) is 43.9 Å². The molecule has 0 radical (unpaired) electrons. The predicted molar refractivity (Wildman–Crippen MR) is 91.5 cm³/mol. The summed E-state index contributed by atoms with van der Waals surface area (Å²) in [6.45, 7) is 9.29. The fourth-order valence-electron chi connectivity index (χ4n) is 2.56. The lowest BCUT2D eigenvalue weighted by Gasteiger charge is -2.17. The molecule has 0 saturated heterocycles. The highest BCUT2D eigenvalue weighted by molar-refractivity contribution is 5.97. The Labute approximate surface area is 141 Å². The molecule has 2 aromatic rings. The molecule has 6 nitrogen and oxygen atoms in total. The zero-order valence-corrected chi connectivity index (χ0v) is 14.6. The van der Waals surface area contributed by atoms with Crippen molar-refractivity contribution in [2.75, 3.05) is 0 Å². The maximum absolute atomic E-state index is 12.5. The van der Waals surface area contributed by atoms with Gasteiger partial charge in [-0.15, -0.1) is 0 Å². The Morgan fingerprint density at radius 1 is 1.21 bits per heavy atom. The number of aliphatic carboxylic acids is 1. The second-order valence-electron chi connectivity index (χ2n) is 6.38. The van der Waals surface area contributed by atoms with E-state index in [0.29, 0.717) is 11.3 Å². The van der Waals surface area contributed by atoms with E-state index in [2.05, 4.69) is 10.4 Å². The van der Waals surface area contributed by atoms with Crippen LogP contribution < -0.4 is 5.32 Å². The van der Waals surface area contributed by atoms with Crippen molar-refractivity contribution in [2.45, 2.75) is 40.7 Å². The lowest BCUT2D eigenvalue weighted by molar-refractivity contribution is -0.140. The van der Waals surface area contributed by atoms with Crippen molar-refractivity contribution in [1.29, 1.82) is 0 Å². The molecular weight excluding hydrogens is 306 g/mol. The van der Waals surface area contributed by atoms with Crippen LogP contribution in [-0.4, -0.2) is 32.8 Å². The van der Waals surface area contributed by atoms with E-state index in [1.807, 2.05) is 32.0 Å². The van der Waals surface area contributed by atoms with Gasteiger partial charge in [-0.25, -0.2) is 9.48 Å². The first kappa shape index (κ1) is 17.7. The zero-order valence-electron chi connectivity index (χ0n) is 14.6. The minimum Gasteiger partial charge on any atom is -0.480 e. The van der Waals surface area contributed by atoms with Crippen molar-refractivity contribution >= 4 is 11.9 Å². The third-order valence-corrected chi connectivity index (χ3v) is 4.07. The van der Waals surface area contributed by atoms with E-state index >= 15 is 0 Å². The van der Waals surface area contributed by atoms with Crippen LogP contribution in [-0.2, 0) is 4.79 Å². The fraction of sp³-hybridized carbons (Fsp3) is 0.389. The molecular formula is C18H23N3O3. The van der Waals surface area contributed by atoms with Crippen LogP contribution in [0.15, 0.2) is 24.4 Å². The van der Waals surface area contributed by atoms with Gasteiger partial charge in [0.2, 0.25) is 0 Å². The maximum atomic E-state index is 12.5. The topological polar surface area (TPSA) is 84.2 Å². The molecule has 1 amide bonds. The van der Waals surface area contributed by atoms with Crippen LogP contribution in [0.4, 0.5) is 0 Å². The average Bonchev–Trinajstić information content (AvgIpc) is 2.88. The quantitative estimate of drug-likeness (QED) is 0.883. The minimum atomic E-state index is -1.04. The van der Waals surface area contributed by atoms with Gasteiger partial charge < -0.3 is 10.4 Å². The van der Waals surface area contributed by atoms with Crippen molar-refractivity contribution in [3.63, 3.8) is 0 Å². The molecule has 0 aliphatic carbocycles. The Balaban J connectivity index is 2.34. The van der Waals surface area contributed by atoms with Gasteiger partial charge in [0.05, 0.1) is 23.1 Å². The first-order chi connectivity index (χ1) is 11.2. The summed E-state index contributed by atoms with van der Waals surface area (Å²) in [6.07, 6.45) is 1.48. The molecule has 1 aromatic carbocycles.